The molecule has 0 radical (unpaired) electrons. The highest BCUT2D eigenvalue weighted by Crippen LogP contribution is 2.33. The van der Waals surface area contributed by atoms with Gasteiger partial charge in [0.25, 0.3) is 0 Å². The van der Waals surface area contributed by atoms with Gasteiger partial charge in [0, 0.05) is 12.0 Å². The number of nitrogens with two attached hydrogens (primary N) is 1. The van der Waals surface area contributed by atoms with Crippen LogP contribution in [0.2, 0.25) is 0 Å². The van der Waals surface area contributed by atoms with Gasteiger partial charge < -0.3 is 10.5 Å². The number of rotatable bonds is 5. The number of aryl methyl sites for hydroxylation is 1. The van der Waals surface area contributed by atoms with Gasteiger partial charge in [-0.05, 0) is 33.2 Å². The van der Waals surface area contributed by atoms with E-state index in [0.717, 1.165) is 23.5 Å². The first kappa shape index (κ1) is 12.6. The molecule has 1 aromatic heterocycles. The summed E-state index contributed by atoms with van der Waals surface area (Å²) in [7, 11) is 1.74. The Kier molecular flexibility index (Phi) is 4.25. The van der Waals surface area contributed by atoms with E-state index in [1.807, 2.05) is 6.92 Å². The van der Waals surface area contributed by atoms with Crippen LogP contribution in [-0.2, 0) is 16.8 Å². The SMILES string of the molecule is CCC(C)(OC)c1nc(C)c(CCN)s1. The van der Waals surface area contributed by atoms with E-state index in [1.54, 1.807) is 18.4 Å². The molecule has 0 fully saturated rings. The number of thiazole rings is 1. The van der Waals surface area contributed by atoms with Crippen molar-refractivity contribution in [3.05, 3.63) is 15.6 Å². The van der Waals surface area contributed by atoms with Crippen molar-refractivity contribution in [1.29, 1.82) is 0 Å². The van der Waals surface area contributed by atoms with Gasteiger partial charge in [0.1, 0.15) is 10.6 Å². The molecule has 0 spiro atoms. The zero-order valence-electron chi connectivity index (χ0n) is 9.96. The molecular formula is C11H20N2OS. The van der Waals surface area contributed by atoms with E-state index in [9.17, 15) is 0 Å². The maximum absolute atomic E-state index is 5.56. The molecular weight excluding hydrogens is 208 g/mol. The third-order valence-corrected chi connectivity index (χ3v) is 4.30. The Morgan fingerprint density at radius 3 is 2.67 bits per heavy atom. The minimum atomic E-state index is -0.248. The Balaban J connectivity index is 3.00. The first-order chi connectivity index (χ1) is 7.07. The predicted molar refractivity (Wildman–Crippen MR) is 64.3 cm³/mol. The van der Waals surface area contributed by atoms with Crippen molar-refractivity contribution < 1.29 is 4.74 Å². The number of aromatic nitrogens is 1. The van der Waals surface area contributed by atoms with Crippen molar-refractivity contribution >= 4 is 11.3 Å². The van der Waals surface area contributed by atoms with Gasteiger partial charge in [0.2, 0.25) is 0 Å². The van der Waals surface area contributed by atoms with E-state index < -0.39 is 0 Å². The van der Waals surface area contributed by atoms with Crippen molar-refractivity contribution in [1.82, 2.24) is 4.98 Å². The summed E-state index contributed by atoms with van der Waals surface area (Å²) in [6.45, 7) is 6.91. The summed E-state index contributed by atoms with van der Waals surface area (Å²) < 4.78 is 5.54. The lowest BCUT2D eigenvalue weighted by molar-refractivity contribution is -0.00163. The fourth-order valence-electron chi connectivity index (χ4n) is 1.40. The van der Waals surface area contributed by atoms with Crippen molar-refractivity contribution in [3.63, 3.8) is 0 Å². The molecule has 86 valence electrons. The number of nitrogens with zero attached hydrogens (tertiary/aromatic N) is 1. The van der Waals surface area contributed by atoms with Gasteiger partial charge in [-0.3, -0.25) is 0 Å². The number of hydrogen-bond donors (Lipinski definition) is 1. The Morgan fingerprint density at radius 2 is 2.20 bits per heavy atom. The van der Waals surface area contributed by atoms with Gasteiger partial charge in [0.15, 0.2) is 0 Å². The maximum atomic E-state index is 5.56. The second kappa shape index (κ2) is 5.05. The molecule has 0 aliphatic carbocycles. The van der Waals surface area contributed by atoms with Crippen LogP contribution >= 0.6 is 11.3 Å². The topological polar surface area (TPSA) is 48.1 Å². The van der Waals surface area contributed by atoms with Crippen molar-refractivity contribution in [3.8, 4) is 0 Å². The molecule has 1 atom stereocenters. The van der Waals surface area contributed by atoms with Gasteiger partial charge in [-0.25, -0.2) is 4.98 Å². The van der Waals surface area contributed by atoms with Crippen LogP contribution in [0.4, 0.5) is 0 Å². The minimum absolute atomic E-state index is 0.248. The van der Waals surface area contributed by atoms with Crippen LogP contribution in [0.25, 0.3) is 0 Å². The van der Waals surface area contributed by atoms with E-state index in [0.29, 0.717) is 6.54 Å². The molecule has 0 saturated heterocycles. The van der Waals surface area contributed by atoms with Crippen LogP contribution in [0.1, 0.15) is 35.8 Å². The maximum Gasteiger partial charge on any atom is 0.125 e. The molecule has 3 nitrogen and oxygen atoms in total. The normalized spacial score (nSPS) is 15.3. The van der Waals surface area contributed by atoms with Gasteiger partial charge in [-0.2, -0.15) is 0 Å². The molecule has 4 heteroatoms. The van der Waals surface area contributed by atoms with E-state index in [1.165, 1.54) is 4.88 Å². The third-order valence-electron chi connectivity index (χ3n) is 2.84. The number of hydrogen-bond acceptors (Lipinski definition) is 4. The molecule has 0 aliphatic rings. The highest BCUT2D eigenvalue weighted by atomic mass is 32.1. The fraction of sp³-hybridized carbons (Fsp3) is 0.727. The highest BCUT2D eigenvalue weighted by Gasteiger charge is 2.28. The molecule has 0 saturated carbocycles. The fourth-order valence-corrected chi connectivity index (χ4v) is 2.67. The molecule has 1 heterocycles. The van der Waals surface area contributed by atoms with Gasteiger partial charge in [0.05, 0.1) is 5.69 Å². The van der Waals surface area contributed by atoms with E-state index in [-0.39, 0.29) is 5.60 Å². The number of methoxy groups -OCH3 is 1. The first-order valence-electron chi connectivity index (χ1n) is 5.29. The van der Waals surface area contributed by atoms with E-state index >= 15 is 0 Å². The summed E-state index contributed by atoms with van der Waals surface area (Å²) in [4.78, 5) is 5.86. The summed E-state index contributed by atoms with van der Waals surface area (Å²) in [6, 6.07) is 0. The lowest BCUT2D eigenvalue weighted by Crippen LogP contribution is -2.22. The summed E-state index contributed by atoms with van der Waals surface area (Å²) in [5.41, 5.74) is 6.41. The zero-order valence-corrected chi connectivity index (χ0v) is 10.8. The van der Waals surface area contributed by atoms with Crippen molar-refractivity contribution in [2.75, 3.05) is 13.7 Å². The minimum Gasteiger partial charge on any atom is -0.371 e. The molecule has 0 aliphatic heterocycles. The van der Waals surface area contributed by atoms with Crippen LogP contribution in [0, 0.1) is 6.92 Å². The van der Waals surface area contributed by atoms with Crippen LogP contribution in [0.3, 0.4) is 0 Å². The van der Waals surface area contributed by atoms with Crippen LogP contribution in [0.15, 0.2) is 0 Å². The summed E-state index contributed by atoms with van der Waals surface area (Å²) in [5.74, 6) is 0. The second-order valence-corrected chi connectivity index (χ2v) is 4.94. The Labute approximate surface area is 95.7 Å². The third kappa shape index (κ3) is 2.56. The van der Waals surface area contributed by atoms with Gasteiger partial charge in [-0.1, -0.05) is 6.92 Å². The highest BCUT2D eigenvalue weighted by molar-refractivity contribution is 7.11. The predicted octanol–water partition coefficient (Wildman–Crippen LogP) is 2.22. The van der Waals surface area contributed by atoms with Gasteiger partial charge in [-0.15, -0.1) is 11.3 Å². The smallest absolute Gasteiger partial charge is 0.125 e. The zero-order chi connectivity index (χ0) is 11.5. The average Bonchev–Trinajstić information content (AvgIpc) is 2.60. The quantitative estimate of drug-likeness (QED) is 0.840. The number of ether oxygens (including phenoxy) is 1. The van der Waals surface area contributed by atoms with Crippen molar-refractivity contribution in [2.24, 2.45) is 5.73 Å². The Hall–Kier alpha value is -0.450. The monoisotopic (exact) mass is 228 g/mol. The molecule has 2 N–H and O–H groups in total. The second-order valence-electron chi connectivity index (χ2n) is 3.85. The summed E-state index contributed by atoms with van der Waals surface area (Å²) in [6.07, 6.45) is 1.84. The molecule has 0 bridgehead atoms. The summed E-state index contributed by atoms with van der Waals surface area (Å²) in [5, 5.41) is 1.06. The molecule has 1 rings (SSSR count). The van der Waals surface area contributed by atoms with Crippen LogP contribution in [0.5, 0.6) is 0 Å². The standard InChI is InChI=1S/C11H20N2OS/c1-5-11(3,14-4)10-13-8(2)9(15-10)6-7-12/h5-7,12H2,1-4H3. The lowest BCUT2D eigenvalue weighted by atomic mass is 10.1. The van der Waals surface area contributed by atoms with Crippen molar-refractivity contribution in [2.45, 2.75) is 39.2 Å². The molecule has 1 aromatic rings. The van der Waals surface area contributed by atoms with Crippen LogP contribution < -0.4 is 5.73 Å². The van der Waals surface area contributed by atoms with E-state index in [4.69, 9.17) is 10.5 Å². The first-order valence-corrected chi connectivity index (χ1v) is 6.11. The molecule has 0 aromatic carbocycles. The summed E-state index contributed by atoms with van der Waals surface area (Å²) >= 11 is 1.72. The molecule has 1 unspecified atom stereocenters. The molecule has 15 heavy (non-hydrogen) atoms. The Morgan fingerprint density at radius 1 is 1.53 bits per heavy atom. The van der Waals surface area contributed by atoms with Crippen LogP contribution in [-0.4, -0.2) is 18.6 Å². The largest absolute Gasteiger partial charge is 0.371 e. The van der Waals surface area contributed by atoms with Gasteiger partial charge >= 0.3 is 0 Å². The Bertz CT molecular complexity index is 318. The lowest BCUT2D eigenvalue weighted by Gasteiger charge is -2.23. The average molecular weight is 228 g/mol. The van der Waals surface area contributed by atoms with E-state index in [2.05, 4.69) is 18.8 Å². The molecule has 0 amide bonds.